The van der Waals surface area contributed by atoms with Gasteiger partial charge in [-0.15, -0.1) is 11.3 Å². The number of aliphatic hydroxyl groups is 2. The monoisotopic (exact) mass is 225 g/mol. The van der Waals surface area contributed by atoms with Gasteiger partial charge in [0.2, 0.25) is 0 Å². The average Bonchev–Trinajstić information content (AvgIpc) is 2.74. The number of hydrogen-bond acceptors (Lipinski definition) is 6. The van der Waals surface area contributed by atoms with Crippen LogP contribution in [0.1, 0.15) is 0 Å². The molecule has 0 aliphatic carbocycles. The molecule has 0 radical (unpaired) electrons. The van der Waals surface area contributed by atoms with Crippen LogP contribution in [-0.2, 0) is 0 Å². The summed E-state index contributed by atoms with van der Waals surface area (Å²) in [6.07, 6.45) is 1.46. The summed E-state index contributed by atoms with van der Waals surface area (Å²) in [6, 6.07) is 1.52. The smallest absolute Gasteiger partial charge is 0.147 e. The summed E-state index contributed by atoms with van der Waals surface area (Å²) in [7, 11) is 0. The molecule has 0 fully saturated rings. The second-order valence-corrected chi connectivity index (χ2v) is 3.98. The van der Waals surface area contributed by atoms with Gasteiger partial charge < -0.3 is 15.5 Å². The van der Waals surface area contributed by atoms with E-state index in [4.69, 9.17) is 10.2 Å². The Balaban J connectivity index is 2.30. The predicted octanol–water partition coefficient (Wildman–Crippen LogP) is 0.456. The Hall–Kier alpha value is -1.24. The molecule has 6 heteroatoms. The molecule has 0 bridgehead atoms. The maximum absolute atomic E-state index is 8.95. The highest BCUT2D eigenvalue weighted by molar-refractivity contribution is 7.17. The number of anilines is 1. The number of nitrogens with zero attached hydrogens (tertiary/aromatic N) is 2. The van der Waals surface area contributed by atoms with Crippen LogP contribution in [0.2, 0.25) is 0 Å². The zero-order valence-corrected chi connectivity index (χ0v) is 8.74. The number of rotatable bonds is 4. The number of thiophene rings is 1. The minimum Gasteiger partial charge on any atom is -0.394 e. The minimum absolute atomic E-state index is 0.132. The van der Waals surface area contributed by atoms with Gasteiger partial charge in [0.1, 0.15) is 12.1 Å². The number of hydrogen-bond donors (Lipinski definition) is 3. The van der Waals surface area contributed by atoms with E-state index >= 15 is 0 Å². The highest BCUT2D eigenvalue weighted by Crippen LogP contribution is 2.24. The van der Waals surface area contributed by atoms with E-state index in [2.05, 4.69) is 15.3 Å². The van der Waals surface area contributed by atoms with Crippen LogP contribution in [0.3, 0.4) is 0 Å². The topological polar surface area (TPSA) is 78.3 Å². The van der Waals surface area contributed by atoms with Gasteiger partial charge in [-0.2, -0.15) is 0 Å². The minimum atomic E-state index is -0.384. The summed E-state index contributed by atoms with van der Waals surface area (Å²) in [5.41, 5.74) is 0.868. The Morgan fingerprint density at radius 2 is 2.13 bits per heavy atom. The summed E-state index contributed by atoms with van der Waals surface area (Å²) < 4.78 is 0.935. The van der Waals surface area contributed by atoms with E-state index in [1.807, 2.05) is 11.4 Å². The summed E-state index contributed by atoms with van der Waals surface area (Å²) in [5.74, 6) is 0.656. The molecule has 0 atom stereocenters. The zero-order valence-electron chi connectivity index (χ0n) is 7.92. The van der Waals surface area contributed by atoms with Crippen molar-refractivity contribution in [1.82, 2.24) is 9.97 Å². The summed E-state index contributed by atoms with van der Waals surface area (Å²) in [5, 5.41) is 22.8. The molecule has 5 nitrogen and oxygen atoms in total. The molecule has 0 unspecified atom stereocenters. The average molecular weight is 225 g/mol. The molecule has 15 heavy (non-hydrogen) atoms. The quantitative estimate of drug-likeness (QED) is 0.704. The van der Waals surface area contributed by atoms with E-state index in [0.29, 0.717) is 5.82 Å². The van der Waals surface area contributed by atoms with Crippen LogP contribution < -0.4 is 5.32 Å². The molecule has 0 saturated carbocycles. The number of aromatic nitrogens is 2. The van der Waals surface area contributed by atoms with Gasteiger partial charge >= 0.3 is 0 Å². The standard InChI is InChI=1S/C9H11N3O2S/c13-3-6(4-14)12-9-8-7(1-2-15-8)10-5-11-9/h1-2,5-6,13-14H,3-4H2,(H,10,11,12). The maximum atomic E-state index is 8.95. The van der Waals surface area contributed by atoms with Crippen molar-refractivity contribution in [2.24, 2.45) is 0 Å². The largest absolute Gasteiger partial charge is 0.394 e. The van der Waals surface area contributed by atoms with E-state index in [-0.39, 0.29) is 19.3 Å². The number of aliphatic hydroxyl groups excluding tert-OH is 2. The highest BCUT2D eigenvalue weighted by atomic mass is 32.1. The Bertz CT molecular complexity index is 442. The van der Waals surface area contributed by atoms with E-state index in [1.165, 1.54) is 17.7 Å². The Kier molecular flexibility index (Phi) is 3.10. The van der Waals surface area contributed by atoms with Gasteiger partial charge in [0, 0.05) is 0 Å². The number of nitrogens with one attached hydrogen (secondary N) is 1. The summed E-state index contributed by atoms with van der Waals surface area (Å²) >= 11 is 1.53. The van der Waals surface area contributed by atoms with Gasteiger partial charge in [0.25, 0.3) is 0 Å². The molecule has 2 aromatic rings. The SMILES string of the molecule is OCC(CO)Nc1ncnc2ccsc12. The highest BCUT2D eigenvalue weighted by Gasteiger charge is 2.09. The van der Waals surface area contributed by atoms with Crippen molar-refractivity contribution in [3.63, 3.8) is 0 Å². The molecule has 0 aromatic carbocycles. The van der Waals surface area contributed by atoms with E-state index in [1.54, 1.807) is 0 Å². The zero-order chi connectivity index (χ0) is 10.7. The molecule has 80 valence electrons. The maximum Gasteiger partial charge on any atom is 0.147 e. The van der Waals surface area contributed by atoms with Gasteiger partial charge in [0.05, 0.1) is 29.5 Å². The van der Waals surface area contributed by atoms with E-state index < -0.39 is 0 Å². The molecular weight excluding hydrogens is 214 g/mol. The molecule has 2 aromatic heterocycles. The molecule has 0 saturated heterocycles. The Morgan fingerprint density at radius 1 is 1.33 bits per heavy atom. The first-order valence-corrected chi connectivity index (χ1v) is 5.39. The molecule has 2 rings (SSSR count). The Morgan fingerprint density at radius 3 is 2.87 bits per heavy atom. The lowest BCUT2D eigenvalue weighted by Crippen LogP contribution is -2.28. The van der Waals surface area contributed by atoms with Crippen molar-refractivity contribution in [3.8, 4) is 0 Å². The van der Waals surface area contributed by atoms with Crippen LogP contribution in [0.25, 0.3) is 10.2 Å². The van der Waals surface area contributed by atoms with Crippen LogP contribution >= 0.6 is 11.3 Å². The second-order valence-electron chi connectivity index (χ2n) is 3.06. The van der Waals surface area contributed by atoms with Gasteiger partial charge in [-0.05, 0) is 11.4 Å². The lowest BCUT2D eigenvalue weighted by atomic mass is 10.3. The third-order valence-electron chi connectivity index (χ3n) is 2.02. The Labute approximate surface area is 90.4 Å². The first-order chi connectivity index (χ1) is 7.35. The third kappa shape index (κ3) is 2.06. The second kappa shape index (κ2) is 4.52. The van der Waals surface area contributed by atoms with Crippen LogP contribution in [0.4, 0.5) is 5.82 Å². The number of fused-ring (bicyclic) bond motifs is 1. The van der Waals surface area contributed by atoms with Crippen molar-refractivity contribution in [2.75, 3.05) is 18.5 Å². The summed E-state index contributed by atoms with van der Waals surface area (Å²) in [4.78, 5) is 8.18. The van der Waals surface area contributed by atoms with Crippen molar-refractivity contribution in [1.29, 1.82) is 0 Å². The van der Waals surface area contributed by atoms with E-state index in [9.17, 15) is 0 Å². The molecule has 3 N–H and O–H groups in total. The first-order valence-electron chi connectivity index (χ1n) is 4.51. The van der Waals surface area contributed by atoms with E-state index in [0.717, 1.165) is 10.2 Å². The molecule has 0 spiro atoms. The fourth-order valence-electron chi connectivity index (χ4n) is 1.23. The van der Waals surface area contributed by atoms with Crippen molar-refractivity contribution in [2.45, 2.75) is 6.04 Å². The lowest BCUT2D eigenvalue weighted by molar-refractivity contribution is 0.203. The fourth-order valence-corrected chi connectivity index (χ4v) is 2.03. The van der Waals surface area contributed by atoms with Gasteiger partial charge in [-0.3, -0.25) is 0 Å². The van der Waals surface area contributed by atoms with Gasteiger partial charge in [-0.1, -0.05) is 0 Å². The first kappa shape index (κ1) is 10.3. The van der Waals surface area contributed by atoms with Gasteiger partial charge in [-0.25, -0.2) is 9.97 Å². The molecular formula is C9H11N3O2S. The van der Waals surface area contributed by atoms with Crippen molar-refractivity contribution >= 4 is 27.4 Å². The molecule has 0 amide bonds. The molecule has 2 heterocycles. The van der Waals surface area contributed by atoms with Crippen molar-refractivity contribution < 1.29 is 10.2 Å². The molecule has 0 aliphatic heterocycles. The van der Waals surface area contributed by atoms with Crippen LogP contribution in [0, 0.1) is 0 Å². The lowest BCUT2D eigenvalue weighted by Gasteiger charge is -2.13. The van der Waals surface area contributed by atoms with Crippen LogP contribution in [-0.4, -0.2) is 39.4 Å². The van der Waals surface area contributed by atoms with Gasteiger partial charge in [0.15, 0.2) is 0 Å². The van der Waals surface area contributed by atoms with Crippen LogP contribution in [0.15, 0.2) is 17.8 Å². The van der Waals surface area contributed by atoms with Crippen molar-refractivity contribution in [3.05, 3.63) is 17.8 Å². The van der Waals surface area contributed by atoms with Crippen LogP contribution in [0.5, 0.6) is 0 Å². The third-order valence-corrected chi connectivity index (χ3v) is 2.94. The normalized spacial score (nSPS) is 11.1. The summed E-state index contributed by atoms with van der Waals surface area (Å²) in [6.45, 7) is -0.263. The molecule has 0 aliphatic rings. The predicted molar refractivity (Wildman–Crippen MR) is 59.0 cm³/mol. The fraction of sp³-hybridized carbons (Fsp3) is 0.333.